The molecule has 3 atom stereocenters. The van der Waals surface area contributed by atoms with E-state index in [0.717, 1.165) is 17.6 Å². The third-order valence-electron chi connectivity index (χ3n) is 4.82. The predicted octanol–water partition coefficient (Wildman–Crippen LogP) is 4.69. The summed E-state index contributed by atoms with van der Waals surface area (Å²) < 4.78 is 4.52. The van der Waals surface area contributed by atoms with Gasteiger partial charge in [0.2, 0.25) is 0 Å². The average Bonchev–Trinajstić information content (AvgIpc) is 2.96. The van der Waals surface area contributed by atoms with Gasteiger partial charge in [0.25, 0.3) is 0 Å². The van der Waals surface area contributed by atoms with E-state index in [4.69, 9.17) is 0 Å². The Kier molecular flexibility index (Phi) is 10.7. The van der Waals surface area contributed by atoms with Gasteiger partial charge in [-0.3, -0.25) is 4.79 Å². The van der Waals surface area contributed by atoms with E-state index in [1.807, 2.05) is 19.9 Å². The van der Waals surface area contributed by atoms with Gasteiger partial charge in [0, 0.05) is 18.3 Å². The van der Waals surface area contributed by atoms with Crippen molar-refractivity contribution in [1.82, 2.24) is 0 Å². The number of aliphatic hydroxyl groups is 1. The fourth-order valence-electron chi connectivity index (χ4n) is 3.34. The molecule has 0 fully saturated rings. The molecule has 0 spiro atoms. The molecule has 4 heteroatoms. The summed E-state index contributed by atoms with van der Waals surface area (Å²) in [6.07, 6.45) is 13.7. The second-order valence-corrected chi connectivity index (χ2v) is 7.36. The number of ketones is 1. The Morgan fingerprint density at radius 2 is 2.04 bits per heavy atom. The number of esters is 1. The van der Waals surface area contributed by atoms with Gasteiger partial charge in [-0.1, -0.05) is 44.4 Å². The van der Waals surface area contributed by atoms with Crippen molar-refractivity contribution in [2.75, 3.05) is 7.11 Å². The van der Waals surface area contributed by atoms with Gasteiger partial charge < -0.3 is 9.84 Å². The Balaban J connectivity index is 2.65. The molecular weight excluding hydrogens is 340 g/mol. The van der Waals surface area contributed by atoms with E-state index in [2.05, 4.69) is 29.5 Å². The number of ether oxygens (including phenoxy) is 1. The van der Waals surface area contributed by atoms with Crippen LogP contribution in [0.25, 0.3) is 0 Å². The number of hydrogen-bond acceptors (Lipinski definition) is 4. The third kappa shape index (κ3) is 8.55. The number of allylic oxidation sites excluding steroid dienone is 4. The Hall–Kier alpha value is -1.90. The number of carbonyl (C=O) groups is 2. The van der Waals surface area contributed by atoms with Crippen LogP contribution in [0.2, 0.25) is 0 Å². The largest absolute Gasteiger partial charge is 0.467 e. The average molecular weight is 375 g/mol. The maximum Gasteiger partial charge on any atom is 0.335 e. The van der Waals surface area contributed by atoms with E-state index >= 15 is 0 Å². The lowest BCUT2D eigenvalue weighted by Gasteiger charge is -2.14. The van der Waals surface area contributed by atoms with Crippen molar-refractivity contribution in [2.24, 2.45) is 11.8 Å². The van der Waals surface area contributed by atoms with Gasteiger partial charge in [-0.15, -0.1) is 5.73 Å². The number of unbranched alkanes of at least 4 members (excludes halogenated alkanes) is 4. The second kappa shape index (κ2) is 12.5. The van der Waals surface area contributed by atoms with E-state index < -0.39 is 12.1 Å². The van der Waals surface area contributed by atoms with E-state index in [1.165, 1.54) is 32.8 Å². The summed E-state index contributed by atoms with van der Waals surface area (Å²) in [6.45, 7) is 5.96. The first-order valence-corrected chi connectivity index (χ1v) is 9.95. The van der Waals surface area contributed by atoms with Crippen LogP contribution in [-0.2, 0) is 14.3 Å². The minimum Gasteiger partial charge on any atom is -0.467 e. The molecule has 0 saturated carbocycles. The minimum atomic E-state index is -1.17. The number of hydrogen-bond donors (Lipinski definition) is 1. The van der Waals surface area contributed by atoms with Gasteiger partial charge in [-0.25, -0.2) is 4.79 Å². The van der Waals surface area contributed by atoms with Crippen molar-refractivity contribution in [3.05, 3.63) is 41.2 Å². The molecule has 0 aromatic carbocycles. The van der Waals surface area contributed by atoms with Crippen molar-refractivity contribution in [2.45, 2.75) is 71.8 Å². The number of rotatable bonds is 11. The highest BCUT2D eigenvalue weighted by molar-refractivity contribution is 5.95. The molecule has 1 aliphatic carbocycles. The number of methoxy groups -OCH3 is 1. The maximum absolute atomic E-state index is 12.2. The van der Waals surface area contributed by atoms with Crippen LogP contribution >= 0.6 is 0 Å². The molecule has 150 valence electrons. The van der Waals surface area contributed by atoms with Crippen LogP contribution in [0, 0.1) is 11.8 Å². The monoisotopic (exact) mass is 374 g/mol. The van der Waals surface area contributed by atoms with Crippen LogP contribution in [0.5, 0.6) is 0 Å². The highest BCUT2D eigenvalue weighted by Gasteiger charge is 2.28. The molecule has 1 unspecified atom stereocenters. The molecule has 0 aromatic heterocycles. The molecule has 0 aromatic rings. The van der Waals surface area contributed by atoms with E-state index in [0.29, 0.717) is 6.42 Å². The first-order chi connectivity index (χ1) is 12.9. The fraction of sp³-hybridized carbons (Fsp3) is 0.609. The smallest absolute Gasteiger partial charge is 0.335 e. The predicted molar refractivity (Wildman–Crippen MR) is 108 cm³/mol. The lowest BCUT2D eigenvalue weighted by molar-refractivity contribution is -0.150. The maximum atomic E-state index is 12.2. The lowest BCUT2D eigenvalue weighted by Crippen LogP contribution is -2.21. The van der Waals surface area contributed by atoms with E-state index in [-0.39, 0.29) is 24.0 Å². The summed E-state index contributed by atoms with van der Waals surface area (Å²) in [6, 6.07) is 0. The van der Waals surface area contributed by atoms with Crippen LogP contribution in [0.3, 0.4) is 0 Å². The van der Waals surface area contributed by atoms with Gasteiger partial charge in [0.1, 0.15) is 0 Å². The summed E-state index contributed by atoms with van der Waals surface area (Å²) in [7, 11) is 1.25. The Morgan fingerprint density at radius 3 is 2.70 bits per heavy atom. The summed E-state index contributed by atoms with van der Waals surface area (Å²) in [4.78, 5) is 23.5. The molecule has 0 aliphatic heterocycles. The Bertz CT molecular complexity index is 620. The molecule has 0 radical (unpaired) electrons. The molecule has 1 rings (SSSR count). The zero-order valence-electron chi connectivity index (χ0n) is 17.2. The van der Waals surface area contributed by atoms with Gasteiger partial charge in [0.05, 0.1) is 7.11 Å². The molecule has 0 saturated heterocycles. The topological polar surface area (TPSA) is 63.6 Å². The first kappa shape index (κ1) is 23.1. The molecule has 0 heterocycles. The van der Waals surface area contributed by atoms with Gasteiger partial charge in [0.15, 0.2) is 11.9 Å². The summed E-state index contributed by atoms with van der Waals surface area (Å²) >= 11 is 0. The van der Waals surface area contributed by atoms with Crippen molar-refractivity contribution in [3.8, 4) is 0 Å². The zero-order valence-corrected chi connectivity index (χ0v) is 17.2. The standard InChI is InChI=1S/C23H34O4/c1-5-6-7-8-9-10-11-19-12-13-21(24)20(19)15-17(2)14-18(3)16-22(25)23(26)27-4/h10-13,19-20,22,25H,5-9,15-16H2,1-4H3/t14?,19-,20+,22?/m0/s1. The first-order valence-electron chi connectivity index (χ1n) is 9.95. The molecule has 4 nitrogen and oxygen atoms in total. The Morgan fingerprint density at radius 1 is 1.30 bits per heavy atom. The van der Waals surface area contributed by atoms with Crippen LogP contribution in [0.1, 0.15) is 65.7 Å². The summed E-state index contributed by atoms with van der Waals surface area (Å²) in [5.41, 5.74) is 4.93. The van der Waals surface area contributed by atoms with Gasteiger partial charge >= 0.3 is 5.97 Å². The van der Waals surface area contributed by atoms with E-state index in [9.17, 15) is 14.7 Å². The van der Waals surface area contributed by atoms with Crippen LogP contribution in [0.15, 0.2) is 41.2 Å². The van der Waals surface area contributed by atoms with Crippen molar-refractivity contribution in [1.29, 1.82) is 0 Å². The third-order valence-corrected chi connectivity index (χ3v) is 4.82. The number of carbonyl (C=O) groups excluding carboxylic acids is 2. The zero-order chi connectivity index (χ0) is 20.2. The summed E-state index contributed by atoms with van der Waals surface area (Å²) in [5.74, 6) is -0.429. The van der Waals surface area contributed by atoms with Crippen molar-refractivity contribution in [3.63, 3.8) is 0 Å². The molecule has 1 aliphatic rings. The van der Waals surface area contributed by atoms with Gasteiger partial charge in [-0.05, 0) is 50.3 Å². The summed E-state index contributed by atoms with van der Waals surface area (Å²) in [5, 5.41) is 9.73. The molecular formula is C23H34O4. The van der Waals surface area contributed by atoms with Crippen LogP contribution in [-0.4, -0.2) is 30.1 Å². The molecule has 0 amide bonds. The normalized spacial score (nSPS) is 20.0. The fourth-order valence-corrected chi connectivity index (χ4v) is 3.34. The SMILES string of the molecule is CCCCCCC=C[C@H]1C=CC(=O)[C@@H]1CC(C)=C=C(C)CC(O)C(=O)OC. The highest BCUT2D eigenvalue weighted by atomic mass is 16.5. The van der Waals surface area contributed by atoms with Crippen LogP contribution < -0.4 is 0 Å². The van der Waals surface area contributed by atoms with Crippen molar-refractivity contribution >= 4 is 11.8 Å². The lowest BCUT2D eigenvalue weighted by atomic mass is 9.88. The Labute approximate surface area is 163 Å². The van der Waals surface area contributed by atoms with Crippen molar-refractivity contribution < 1.29 is 19.4 Å². The quantitative estimate of drug-likeness (QED) is 0.247. The van der Waals surface area contributed by atoms with E-state index in [1.54, 1.807) is 6.08 Å². The highest BCUT2D eigenvalue weighted by Crippen LogP contribution is 2.29. The van der Waals surface area contributed by atoms with Crippen LogP contribution in [0.4, 0.5) is 0 Å². The number of aliphatic hydroxyl groups excluding tert-OH is 1. The minimum absolute atomic E-state index is 0.0808. The molecule has 27 heavy (non-hydrogen) atoms. The second-order valence-electron chi connectivity index (χ2n) is 7.36. The molecule has 0 bridgehead atoms. The molecule has 1 N–H and O–H groups in total. The van der Waals surface area contributed by atoms with Gasteiger partial charge in [-0.2, -0.15) is 0 Å².